The number of anilines is 1. The van der Waals surface area contributed by atoms with Crippen LogP contribution in [0.4, 0.5) is 5.82 Å². The van der Waals surface area contributed by atoms with Crippen LogP contribution in [0.25, 0.3) is 0 Å². The predicted molar refractivity (Wildman–Crippen MR) is 67.7 cm³/mol. The maximum absolute atomic E-state index is 8.79. The van der Waals surface area contributed by atoms with E-state index in [4.69, 9.17) is 5.26 Å². The Morgan fingerprint density at radius 1 is 1.53 bits per heavy atom. The minimum atomic E-state index is 0.149. The third kappa shape index (κ3) is 2.80. The fourth-order valence-corrected chi connectivity index (χ4v) is 2.27. The number of nitrogens with one attached hydrogen (secondary N) is 1. The van der Waals surface area contributed by atoms with E-state index in [0.717, 1.165) is 11.4 Å². The Morgan fingerprint density at radius 3 is 3.06 bits per heavy atom. The van der Waals surface area contributed by atoms with Crippen molar-refractivity contribution in [2.24, 2.45) is 0 Å². The van der Waals surface area contributed by atoms with Gasteiger partial charge in [-0.05, 0) is 18.6 Å². The van der Waals surface area contributed by atoms with Crippen molar-refractivity contribution in [3.63, 3.8) is 0 Å². The summed E-state index contributed by atoms with van der Waals surface area (Å²) in [7, 11) is 0. The molecule has 0 fully saturated rings. The fraction of sp³-hybridized carbons (Fsp3) is 0.250. The molecule has 1 N–H and O–H groups in total. The van der Waals surface area contributed by atoms with Crippen LogP contribution in [0.2, 0.25) is 0 Å². The van der Waals surface area contributed by atoms with Crippen LogP contribution in [-0.4, -0.2) is 9.97 Å². The van der Waals surface area contributed by atoms with Gasteiger partial charge < -0.3 is 5.32 Å². The molecule has 4 nitrogen and oxygen atoms in total. The highest BCUT2D eigenvalue weighted by Gasteiger charge is 2.12. The molecule has 0 radical (unpaired) electrons. The SMILES string of the molecule is CCC(Nc1cccc(C#N)n1)c1nccs1. The zero-order chi connectivity index (χ0) is 12.1. The van der Waals surface area contributed by atoms with E-state index in [1.165, 1.54) is 0 Å². The van der Waals surface area contributed by atoms with Crippen LogP contribution < -0.4 is 5.32 Å². The Bertz CT molecular complexity index is 516. The van der Waals surface area contributed by atoms with Crippen LogP contribution in [0.1, 0.15) is 30.1 Å². The summed E-state index contributed by atoms with van der Waals surface area (Å²) in [5, 5.41) is 15.1. The first-order valence-corrected chi connectivity index (χ1v) is 6.24. The molecule has 2 aromatic rings. The predicted octanol–water partition coefficient (Wildman–Crippen LogP) is 2.97. The van der Waals surface area contributed by atoms with Crippen molar-refractivity contribution in [3.05, 3.63) is 40.5 Å². The lowest BCUT2D eigenvalue weighted by Crippen LogP contribution is -2.10. The maximum Gasteiger partial charge on any atom is 0.142 e. The average Bonchev–Trinajstić information content (AvgIpc) is 2.90. The van der Waals surface area contributed by atoms with Gasteiger partial charge >= 0.3 is 0 Å². The van der Waals surface area contributed by atoms with Gasteiger partial charge in [0.15, 0.2) is 0 Å². The van der Waals surface area contributed by atoms with Crippen molar-refractivity contribution in [2.75, 3.05) is 5.32 Å². The monoisotopic (exact) mass is 244 g/mol. The molecule has 86 valence electrons. The van der Waals surface area contributed by atoms with Crippen molar-refractivity contribution < 1.29 is 0 Å². The fourth-order valence-electron chi connectivity index (χ4n) is 1.50. The number of aromatic nitrogens is 2. The first kappa shape index (κ1) is 11.6. The molecule has 0 aliphatic carbocycles. The highest BCUT2D eigenvalue weighted by molar-refractivity contribution is 7.09. The highest BCUT2D eigenvalue weighted by Crippen LogP contribution is 2.23. The van der Waals surface area contributed by atoms with Crippen LogP contribution in [0.3, 0.4) is 0 Å². The molecule has 2 heterocycles. The van der Waals surface area contributed by atoms with E-state index in [1.807, 2.05) is 23.6 Å². The molecule has 0 saturated heterocycles. The molecule has 1 atom stereocenters. The van der Waals surface area contributed by atoms with Gasteiger partial charge in [0.25, 0.3) is 0 Å². The first-order valence-electron chi connectivity index (χ1n) is 5.36. The normalized spacial score (nSPS) is 11.8. The second-order valence-electron chi connectivity index (χ2n) is 3.50. The van der Waals surface area contributed by atoms with Gasteiger partial charge in [0, 0.05) is 11.6 Å². The number of nitrogens with zero attached hydrogens (tertiary/aromatic N) is 3. The Morgan fingerprint density at radius 2 is 2.41 bits per heavy atom. The summed E-state index contributed by atoms with van der Waals surface area (Å²) in [6.07, 6.45) is 2.72. The Hall–Kier alpha value is -1.93. The van der Waals surface area contributed by atoms with E-state index < -0.39 is 0 Å². The molecular weight excluding hydrogens is 232 g/mol. The molecule has 1 unspecified atom stereocenters. The Labute approximate surface area is 104 Å². The van der Waals surface area contributed by atoms with Crippen LogP contribution >= 0.6 is 11.3 Å². The summed E-state index contributed by atoms with van der Waals surface area (Å²) in [6.45, 7) is 2.09. The number of thiazole rings is 1. The van der Waals surface area contributed by atoms with E-state index in [9.17, 15) is 0 Å². The third-order valence-electron chi connectivity index (χ3n) is 2.34. The van der Waals surface area contributed by atoms with Crippen molar-refractivity contribution in [1.29, 1.82) is 5.26 Å². The largest absolute Gasteiger partial charge is 0.361 e. The van der Waals surface area contributed by atoms with E-state index in [2.05, 4.69) is 22.2 Å². The number of hydrogen-bond donors (Lipinski definition) is 1. The number of hydrogen-bond acceptors (Lipinski definition) is 5. The Kier molecular flexibility index (Phi) is 3.68. The smallest absolute Gasteiger partial charge is 0.142 e. The molecule has 17 heavy (non-hydrogen) atoms. The summed E-state index contributed by atoms with van der Waals surface area (Å²) in [5.41, 5.74) is 0.420. The lowest BCUT2D eigenvalue weighted by atomic mass is 10.2. The molecule has 0 bridgehead atoms. The van der Waals surface area contributed by atoms with Crippen molar-refractivity contribution in [3.8, 4) is 6.07 Å². The van der Waals surface area contributed by atoms with Gasteiger partial charge in [-0.15, -0.1) is 11.3 Å². The second-order valence-corrected chi connectivity index (χ2v) is 4.42. The van der Waals surface area contributed by atoms with E-state index in [-0.39, 0.29) is 6.04 Å². The summed E-state index contributed by atoms with van der Waals surface area (Å²) < 4.78 is 0. The zero-order valence-electron chi connectivity index (χ0n) is 9.42. The maximum atomic E-state index is 8.79. The standard InChI is InChI=1S/C12H12N4S/c1-2-10(12-14-6-7-17-12)16-11-5-3-4-9(8-13)15-11/h3-7,10H,2H2,1H3,(H,15,16). The molecule has 5 heteroatoms. The summed E-state index contributed by atoms with van der Waals surface area (Å²) in [5.74, 6) is 0.714. The van der Waals surface area contributed by atoms with Gasteiger partial charge in [0.05, 0.1) is 6.04 Å². The van der Waals surface area contributed by atoms with E-state index >= 15 is 0 Å². The molecule has 2 aromatic heterocycles. The molecule has 2 rings (SSSR count). The summed E-state index contributed by atoms with van der Waals surface area (Å²) in [6, 6.07) is 7.55. The number of pyridine rings is 1. The molecule has 0 amide bonds. The minimum absolute atomic E-state index is 0.149. The van der Waals surface area contributed by atoms with Gasteiger partial charge in [0.1, 0.15) is 22.6 Å². The third-order valence-corrected chi connectivity index (χ3v) is 3.23. The summed E-state index contributed by atoms with van der Waals surface area (Å²) >= 11 is 1.62. The van der Waals surface area contributed by atoms with Crippen LogP contribution in [0.15, 0.2) is 29.8 Å². The minimum Gasteiger partial charge on any atom is -0.361 e. The number of nitriles is 1. The summed E-state index contributed by atoms with van der Waals surface area (Å²) in [4.78, 5) is 8.48. The lowest BCUT2D eigenvalue weighted by molar-refractivity contribution is 0.737. The molecule has 0 aliphatic heterocycles. The molecular formula is C12H12N4S. The van der Waals surface area contributed by atoms with Gasteiger partial charge in [-0.25, -0.2) is 9.97 Å². The topological polar surface area (TPSA) is 61.6 Å². The van der Waals surface area contributed by atoms with Crippen molar-refractivity contribution >= 4 is 17.2 Å². The lowest BCUT2D eigenvalue weighted by Gasteiger charge is -2.14. The average molecular weight is 244 g/mol. The van der Waals surface area contributed by atoms with Crippen molar-refractivity contribution in [1.82, 2.24) is 9.97 Å². The first-order chi connectivity index (χ1) is 8.33. The van der Waals surface area contributed by atoms with Gasteiger partial charge in [0.2, 0.25) is 0 Å². The van der Waals surface area contributed by atoms with Crippen LogP contribution in [0, 0.1) is 11.3 Å². The quantitative estimate of drug-likeness (QED) is 0.898. The molecule has 0 aliphatic rings. The number of rotatable bonds is 4. The van der Waals surface area contributed by atoms with E-state index in [1.54, 1.807) is 23.6 Å². The van der Waals surface area contributed by atoms with E-state index in [0.29, 0.717) is 11.5 Å². The molecule has 0 spiro atoms. The molecule has 0 saturated carbocycles. The van der Waals surface area contributed by atoms with Gasteiger partial charge in [-0.2, -0.15) is 5.26 Å². The highest BCUT2D eigenvalue weighted by atomic mass is 32.1. The van der Waals surface area contributed by atoms with Crippen LogP contribution in [0.5, 0.6) is 0 Å². The van der Waals surface area contributed by atoms with Gasteiger partial charge in [-0.3, -0.25) is 0 Å². The zero-order valence-corrected chi connectivity index (χ0v) is 10.2. The second kappa shape index (κ2) is 5.41. The van der Waals surface area contributed by atoms with Crippen molar-refractivity contribution in [2.45, 2.75) is 19.4 Å². The molecule has 0 aromatic carbocycles. The van der Waals surface area contributed by atoms with Crippen LogP contribution in [-0.2, 0) is 0 Å². The Balaban J connectivity index is 2.16. The van der Waals surface area contributed by atoms with Gasteiger partial charge in [-0.1, -0.05) is 13.0 Å².